The number of hydrogen-bond donors (Lipinski definition) is 1. The Balaban J connectivity index is 2.08. The summed E-state index contributed by atoms with van der Waals surface area (Å²) in [5.41, 5.74) is 8.13. The van der Waals surface area contributed by atoms with Crippen LogP contribution in [0.2, 0.25) is 0 Å². The molecule has 2 rings (SSSR count). The number of amides is 1. The Morgan fingerprint density at radius 1 is 1.25 bits per heavy atom. The molecule has 1 amide bonds. The van der Waals surface area contributed by atoms with Crippen molar-refractivity contribution in [1.82, 2.24) is 14.8 Å². The number of aromatic nitrogens is 3. The molecule has 1 aromatic heterocycles. The van der Waals surface area contributed by atoms with Crippen LogP contribution in [0.4, 0.5) is 0 Å². The van der Waals surface area contributed by atoms with E-state index in [-0.39, 0.29) is 23.4 Å². The summed E-state index contributed by atoms with van der Waals surface area (Å²) in [6.07, 6.45) is 0.673. The van der Waals surface area contributed by atoms with E-state index in [0.29, 0.717) is 23.0 Å². The topological polar surface area (TPSA) is 90.9 Å². The zero-order chi connectivity index (χ0) is 17.9. The SMILES string of the molecule is Cc1ccc(C(=O)[C@@H](C)Sc2nnc(CCC(N)=O)n2C)cc1C. The maximum absolute atomic E-state index is 12.6. The Morgan fingerprint density at radius 2 is 1.96 bits per heavy atom. The summed E-state index contributed by atoms with van der Waals surface area (Å²) in [7, 11) is 1.83. The number of carbonyl (C=O) groups excluding carboxylic acids is 2. The Morgan fingerprint density at radius 3 is 2.58 bits per heavy atom. The molecule has 2 N–H and O–H groups in total. The predicted octanol–water partition coefficient (Wildman–Crippen LogP) is 2.21. The van der Waals surface area contributed by atoms with Crippen LogP contribution in [0.3, 0.4) is 0 Å². The van der Waals surface area contributed by atoms with E-state index < -0.39 is 0 Å². The normalized spacial score (nSPS) is 12.2. The van der Waals surface area contributed by atoms with Gasteiger partial charge < -0.3 is 10.3 Å². The minimum absolute atomic E-state index is 0.0600. The Bertz CT molecular complexity index is 770. The summed E-state index contributed by atoms with van der Waals surface area (Å²) in [6, 6.07) is 5.74. The monoisotopic (exact) mass is 346 g/mol. The number of thioether (sulfide) groups is 1. The summed E-state index contributed by atoms with van der Waals surface area (Å²) in [5, 5.41) is 8.56. The van der Waals surface area contributed by atoms with Gasteiger partial charge in [-0.05, 0) is 38.0 Å². The van der Waals surface area contributed by atoms with Gasteiger partial charge in [0.2, 0.25) is 5.91 Å². The second kappa shape index (κ2) is 7.61. The van der Waals surface area contributed by atoms with E-state index in [1.807, 2.05) is 46.0 Å². The molecule has 0 fully saturated rings. The van der Waals surface area contributed by atoms with Crippen LogP contribution in [-0.2, 0) is 18.3 Å². The Labute approximate surface area is 145 Å². The number of rotatable bonds is 7. The van der Waals surface area contributed by atoms with Gasteiger partial charge in [-0.15, -0.1) is 10.2 Å². The number of hydrogen-bond acceptors (Lipinski definition) is 5. The number of aryl methyl sites for hydroxylation is 3. The maximum atomic E-state index is 12.6. The lowest BCUT2D eigenvalue weighted by Gasteiger charge is -2.11. The molecule has 1 aromatic carbocycles. The van der Waals surface area contributed by atoms with Crippen molar-refractivity contribution in [3.8, 4) is 0 Å². The van der Waals surface area contributed by atoms with Crippen molar-refractivity contribution in [2.75, 3.05) is 0 Å². The third kappa shape index (κ3) is 4.23. The molecule has 128 valence electrons. The van der Waals surface area contributed by atoms with Gasteiger partial charge in [0.25, 0.3) is 0 Å². The molecule has 0 bridgehead atoms. The third-order valence-electron chi connectivity index (χ3n) is 3.96. The average molecular weight is 346 g/mol. The van der Waals surface area contributed by atoms with Crippen molar-refractivity contribution in [2.45, 2.75) is 44.0 Å². The van der Waals surface area contributed by atoms with Crippen molar-refractivity contribution >= 4 is 23.5 Å². The van der Waals surface area contributed by atoms with Crippen molar-refractivity contribution in [3.63, 3.8) is 0 Å². The van der Waals surface area contributed by atoms with Gasteiger partial charge in [-0.2, -0.15) is 0 Å². The molecule has 7 heteroatoms. The van der Waals surface area contributed by atoms with Crippen molar-refractivity contribution < 1.29 is 9.59 Å². The maximum Gasteiger partial charge on any atom is 0.217 e. The molecule has 0 radical (unpaired) electrons. The standard InChI is InChI=1S/C17H22N4O2S/c1-10-5-6-13(9-11(10)2)16(23)12(3)24-17-20-19-15(21(17)4)8-7-14(18)22/h5-6,9,12H,7-8H2,1-4H3,(H2,18,22)/t12-/m1/s1. The van der Waals surface area contributed by atoms with Crippen LogP contribution in [0.15, 0.2) is 23.4 Å². The van der Waals surface area contributed by atoms with E-state index in [9.17, 15) is 9.59 Å². The first kappa shape index (κ1) is 18.2. The molecule has 0 unspecified atom stereocenters. The van der Waals surface area contributed by atoms with Crippen LogP contribution >= 0.6 is 11.8 Å². The molecule has 1 atom stereocenters. The highest BCUT2D eigenvalue weighted by Gasteiger charge is 2.20. The van der Waals surface area contributed by atoms with Gasteiger partial charge >= 0.3 is 0 Å². The van der Waals surface area contributed by atoms with E-state index in [1.54, 1.807) is 4.57 Å². The van der Waals surface area contributed by atoms with E-state index in [2.05, 4.69) is 10.2 Å². The largest absolute Gasteiger partial charge is 0.370 e. The summed E-state index contributed by atoms with van der Waals surface area (Å²) in [5.74, 6) is 0.373. The molecule has 0 aliphatic carbocycles. The number of nitrogens with two attached hydrogens (primary N) is 1. The van der Waals surface area contributed by atoms with Gasteiger partial charge in [0.15, 0.2) is 10.9 Å². The number of carbonyl (C=O) groups is 2. The lowest BCUT2D eigenvalue weighted by Crippen LogP contribution is -2.15. The minimum Gasteiger partial charge on any atom is -0.370 e. The molecule has 6 nitrogen and oxygen atoms in total. The zero-order valence-electron chi connectivity index (χ0n) is 14.4. The highest BCUT2D eigenvalue weighted by Crippen LogP contribution is 2.25. The van der Waals surface area contributed by atoms with E-state index >= 15 is 0 Å². The number of nitrogens with zero attached hydrogens (tertiary/aromatic N) is 3. The number of benzene rings is 1. The molecule has 0 saturated carbocycles. The van der Waals surface area contributed by atoms with Crippen molar-refractivity contribution in [2.24, 2.45) is 12.8 Å². The molecule has 0 saturated heterocycles. The van der Waals surface area contributed by atoms with Gasteiger partial charge in [-0.1, -0.05) is 23.9 Å². The summed E-state index contributed by atoms with van der Waals surface area (Å²) in [4.78, 5) is 23.5. The average Bonchev–Trinajstić information content (AvgIpc) is 2.87. The van der Waals surface area contributed by atoms with Gasteiger partial charge in [-0.3, -0.25) is 9.59 Å². The highest BCUT2D eigenvalue weighted by atomic mass is 32.2. The summed E-state index contributed by atoms with van der Waals surface area (Å²) < 4.78 is 1.80. The van der Waals surface area contributed by atoms with Gasteiger partial charge in [-0.25, -0.2) is 0 Å². The quantitative estimate of drug-likeness (QED) is 0.613. The Hall–Kier alpha value is -2.15. The second-order valence-electron chi connectivity index (χ2n) is 5.85. The van der Waals surface area contributed by atoms with Crippen LogP contribution in [0, 0.1) is 13.8 Å². The van der Waals surface area contributed by atoms with Crippen LogP contribution in [-0.4, -0.2) is 31.7 Å². The van der Waals surface area contributed by atoms with E-state index in [1.165, 1.54) is 17.3 Å². The van der Waals surface area contributed by atoms with E-state index in [0.717, 1.165) is 5.56 Å². The van der Waals surface area contributed by atoms with Crippen LogP contribution in [0.25, 0.3) is 0 Å². The van der Waals surface area contributed by atoms with Gasteiger partial charge in [0.05, 0.1) is 5.25 Å². The number of ketones is 1. The highest BCUT2D eigenvalue weighted by molar-refractivity contribution is 8.00. The zero-order valence-corrected chi connectivity index (χ0v) is 15.2. The van der Waals surface area contributed by atoms with Crippen LogP contribution in [0.5, 0.6) is 0 Å². The van der Waals surface area contributed by atoms with Crippen molar-refractivity contribution in [3.05, 3.63) is 40.7 Å². The number of Topliss-reactive ketones (excluding diaryl/α,β-unsaturated/α-hetero) is 1. The molecule has 24 heavy (non-hydrogen) atoms. The Kier molecular flexibility index (Phi) is 5.77. The first-order valence-electron chi connectivity index (χ1n) is 7.74. The fourth-order valence-electron chi connectivity index (χ4n) is 2.24. The van der Waals surface area contributed by atoms with Crippen LogP contribution < -0.4 is 5.73 Å². The van der Waals surface area contributed by atoms with Gasteiger partial charge in [0, 0.05) is 25.5 Å². The summed E-state index contributed by atoms with van der Waals surface area (Å²) in [6.45, 7) is 5.88. The smallest absolute Gasteiger partial charge is 0.217 e. The first-order valence-corrected chi connectivity index (χ1v) is 8.62. The summed E-state index contributed by atoms with van der Waals surface area (Å²) >= 11 is 1.36. The van der Waals surface area contributed by atoms with Crippen molar-refractivity contribution in [1.29, 1.82) is 0 Å². The molecule has 0 spiro atoms. The van der Waals surface area contributed by atoms with Crippen LogP contribution in [0.1, 0.15) is 40.7 Å². The fraction of sp³-hybridized carbons (Fsp3) is 0.412. The lowest BCUT2D eigenvalue weighted by molar-refractivity contribution is -0.118. The van der Waals surface area contributed by atoms with Gasteiger partial charge in [0.1, 0.15) is 5.82 Å². The second-order valence-corrected chi connectivity index (χ2v) is 7.16. The molecule has 1 heterocycles. The number of primary amides is 1. The van der Waals surface area contributed by atoms with E-state index in [4.69, 9.17) is 5.73 Å². The molecular weight excluding hydrogens is 324 g/mol. The molecular formula is C17H22N4O2S. The first-order chi connectivity index (χ1) is 11.3. The lowest BCUT2D eigenvalue weighted by atomic mass is 10.0. The minimum atomic E-state index is -0.370. The molecule has 2 aromatic rings. The molecule has 0 aliphatic heterocycles. The molecule has 0 aliphatic rings. The predicted molar refractivity (Wildman–Crippen MR) is 94.1 cm³/mol. The third-order valence-corrected chi connectivity index (χ3v) is 5.10. The fourth-order valence-corrected chi connectivity index (χ4v) is 3.15.